The third-order valence-electron chi connectivity index (χ3n) is 3.36. The van der Waals surface area contributed by atoms with Crippen LogP contribution in [0.15, 0.2) is 17.2 Å². The number of hydrogen-bond donors (Lipinski definition) is 2. The second-order valence-corrected chi connectivity index (χ2v) is 6.59. The highest BCUT2D eigenvalue weighted by Gasteiger charge is 2.33. The minimum atomic E-state index is -3.39. The molecular weight excluding hydrogens is 266 g/mol. The molecule has 2 N–H and O–H groups in total. The van der Waals surface area contributed by atoms with E-state index < -0.39 is 10.0 Å². The number of hydrogen-bond acceptors (Lipinski definition) is 4. The molecule has 0 radical (unpaired) electrons. The summed E-state index contributed by atoms with van der Waals surface area (Å²) in [5.41, 5.74) is 0.878. The molecule has 1 aromatic heterocycles. The van der Waals surface area contributed by atoms with Crippen LogP contribution in [0.1, 0.15) is 19.0 Å². The van der Waals surface area contributed by atoms with E-state index in [-0.39, 0.29) is 6.10 Å². The highest BCUT2D eigenvalue weighted by Crippen LogP contribution is 2.22. The molecule has 1 saturated heterocycles. The molecule has 1 aliphatic heterocycles. The summed E-state index contributed by atoms with van der Waals surface area (Å²) in [5.74, 6) is 0. The van der Waals surface area contributed by atoms with Crippen LogP contribution in [0.3, 0.4) is 0 Å². The van der Waals surface area contributed by atoms with Crippen molar-refractivity contribution in [2.45, 2.75) is 30.9 Å². The lowest BCUT2D eigenvalue weighted by Gasteiger charge is -2.14. The van der Waals surface area contributed by atoms with E-state index in [1.807, 2.05) is 6.92 Å². The minimum Gasteiger partial charge on any atom is -0.380 e. The zero-order valence-corrected chi connectivity index (χ0v) is 12.2. The Kier molecular flexibility index (Phi) is 4.62. The summed E-state index contributed by atoms with van der Waals surface area (Å²) in [6.45, 7) is 4.46. The molecule has 0 spiro atoms. The van der Waals surface area contributed by atoms with Crippen molar-refractivity contribution in [2.24, 2.45) is 0 Å². The second-order valence-electron chi connectivity index (χ2n) is 4.65. The van der Waals surface area contributed by atoms with Gasteiger partial charge in [-0.05, 0) is 19.0 Å². The standard InChI is InChI=1S/C12H21N3O3S/c1-3-13-7-10-6-12(8-14-10)19(16,17)15-5-4-11(9-15)18-2/h6,8,11,13-14H,3-5,7,9H2,1-2H3. The van der Waals surface area contributed by atoms with E-state index in [4.69, 9.17) is 4.74 Å². The number of sulfonamides is 1. The molecule has 19 heavy (non-hydrogen) atoms. The van der Waals surface area contributed by atoms with Gasteiger partial charge < -0.3 is 15.0 Å². The van der Waals surface area contributed by atoms with Crippen molar-refractivity contribution in [3.63, 3.8) is 0 Å². The maximum atomic E-state index is 12.4. The molecule has 1 atom stereocenters. The van der Waals surface area contributed by atoms with Gasteiger partial charge in [0, 0.05) is 38.6 Å². The van der Waals surface area contributed by atoms with Crippen LogP contribution in [-0.2, 0) is 21.3 Å². The predicted octanol–water partition coefficient (Wildman–Crippen LogP) is 0.534. The zero-order valence-electron chi connectivity index (χ0n) is 11.3. The largest absolute Gasteiger partial charge is 0.380 e. The van der Waals surface area contributed by atoms with E-state index in [9.17, 15) is 8.42 Å². The molecule has 6 nitrogen and oxygen atoms in total. The molecule has 1 fully saturated rings. The monoisotopic (exact) mass is 287 g/mol. The van der Waals surface area contributed by atoms with Crippen LogP contribution in [0.5, 0.6) is 0 Å². The molecular formula is C12H21N3O3S. The van der Waals surface area contributed by atoms with Gasteiger partial charge in [-0.15, -0.1) is 0 Å². The molecule has 0 bridgehead atoms. The van der Waals surface area contributed by atoms with E-state index in [0.29, 0.717) is 24.5 Å². The quantitative estimate of drug-likeness (QED) is 0.800. The van der Waals surface area contributed by atoms with Crippen LogP contribution < -0.4 is 5.32 Å². The molecule has 0 aliphatic carbocycles. The minimum absolute atomic E-state index is 0.00921. The van der Waals surface area contributed by atoms with Crippen molar-refractivity contribution in [1.29, 1.82) is 0 Å². The fourth-order valence-electron chi connectivity index (χ4n) is 2.19. The van der Waals surface area contributed by atoms with Crippen LogP contribution in [0.4, 0.5) is 0 Å². The SMILES string of the molecule is CCNCc1cc(S(=O)(=O)N2CCC(OC)C2)c[nH]1. The average molecular weight is 287 g/mol. The summed E-state index contributed by atoms with van der Waals surface area (Å²) < 4.78 is 31.5. The number of ether oxygens (including phenoxy) is 1. The van der Waals surface area contributed by atoms with Gasteiger partial charge in [0.25, 0.3) is 0 Å². The summed E-state index contributed by atoms with van der Waals surface area (Å²) in [4.78, 5) is 3.33. The third kappa shape index (κ3) is 3.17. The summed E-state index contributed by atoms with van der Waals surface area (Å²) in [6.07, 6.45) is 2.32. The number of aromatic nitrogens is 1. The second kappa shape index (κ2) is 6.04. The Bertz CT molecular complexity index is 512. The van der Waals surface area contributed by atoms with Crippen LogP contribution >= 0.6 is 0 Å². The maximum Gasteiger partial charge on any atom is 0.244 e. The average Bonchev–Trinajstić information content (AvgIpc) is 3.05. The first-order valence-corrected chi connectivity index (χ1v) is 7.93. The normalized spacial score (nSPS) is 21.1. The van der Waals surface area contributed by atoms with Gasteiger partial charge in [0.1, 0.15) is 0 Å². The predicted molar refractivity (Wildman–Crippen MR) is 72.3 cm³/mol. The molecule has 2 heterocycles. The Morgan fingerprint density at radius 2 is 2.37 bits per heavy atom. The first-order valence-electron chi connectivity index (χ1n) is 6.49. The van der Waals surface area contributed by atoms with Crippen LogP contribution in [0, 0.1) is 0 Å². The summed E-state index contributed by atoms with van der Waals surface area (Å²) >= 11 is 0. The van der Waals surface area contributed by atoms with Gasteiger partial charge in [-0.1, -0.05) is 6.92 Å². The lowest BCUT2D eigenvalue weighted by atomic mass is 10.3. The van der Waals surface area contributed by atoms with Gasteiger partial charge in [-0.2, -0.15) is 4.31 Å². The molecule has 7 heteroatoms. The Hall–Kier alpha value is -0.890. The van der Waals surface area contributed by atoms with Crippen molar-refractivity contribution in [2.75, 3.05) is 26.7 Å². The molecule has 0 saturated carbocycles. The Morgan fingerprint density at radius 3 is 3.00 bits per heavy atom. The van der Waals surface area contributed by atoms with Crippen molar-refractivity contribution in [1.82, 2.24) is 14.6 Å². The summed E-state index contributed by atoms with van der Waals surface area (Å²) in [5, 5.41) is 3.16. The highest BCUT2D eigenvalue weighted by atomic mass is 32.2. The van der Waals surface area contributed by atoms with Gasteiger partial charge in [0.05, 0.1) is 11.0 Å². The highest BCUT2D eigenvalue weighted by molar-refractivity contribution is 7.89. The molecule has 0 amide bonds. The maximum absolute atomic E-state index is 12.4. The van der Waals surface area contributed by atoms with Gasteiger partial charge in [-0.3, -0.25) is 0 Å². The van der Waals surface area contributed by atoms with E-state index in [0.717, 1.165) is 18.7 Å². The number of nitrogens with zero attached hydrogens (tertiary/aromatic N) is 1. The van der Waals surface area contributed by atoms with Crippen LogP contribution in [0.2, 0.25) is 0 Å². The first-order chi connectivity index (χ1) is 9.07. The molecule has 1 aromatic rings. The number of nitrogens with one attached hydrogen (secondary N) is 2. The summed E-state index contributed by atoms with van der Waals surface area (Å²) in [6, 6.07) is 1.69. The van der Waals surface area contributed by atoms with E-state index in [1.54, 1.807) is 19.4 Å². The van der Waals surface area contributed by atoms with Gasteiger partial charge >= 0.3 is 0 Å². The van der Waals surface area contributed by atoms with E-state index >= 15 is 0 Å². The number of methoxy groups -OCH3 is 1. The van der Waals surface area contributed by atoms with Gasteiger partial charge in [0.2, 0.25) is 10.0 Å². The Morgan fingerprint density at radius 1 is 1.58 bits per heavy atom. The lowest BCUT2D eigenvalue weighted by molar-refractivity contribution is 0.115. The van der Waals surface area contributed by atoms with Gasteiger partial charge in [-0.25, -0.2) is 8.42 Å². The fraction of sp³-hybridized carbons (Fsp3) is 0.667. The third-order valence-corrected chi connectivity index (χ3v) is 5.20. The van der Waals surface area contributed by atoms with Crippen molar-refractivity contribution in [3.8, 4) is 0 Å². The number of H-pyrrole nitrogens is 1. The molecule has 108 valence electrons. The molecule has 1 aliphatic rings. The van der Waals surface area contributed by atoms with Gasteiger partial charge in [0.15, 0.2) is 0 Å². The lowest BCUT2D eigenvalue weighted by Crippen LogP contribution is -2.29. The zero-order chi connectivity index (χ0) is 13.9. The number of aromatic amines is 1. The smallest absolute Gasteiger partial charge is 0.244 e. The van der Waals surface area contributed by atoms with Crippen molar-refractivity contribution >= 4 is 10.0 Å². The fourth-order valence-corrected chi connectivity index (χ4v) is 3.69. The molecule has 1 unspecified atom stereocenters. The molecule has 0 aromatic carbocycles. The number of rotatable bonds is 6. The van der Waals surface area contributed by atoms with Crippen LogP contribution in [-0.4, -0.2) is 50.6 Å². The molecule has 2 rings (SSSR count). The van der Waals surface area contributed by atoms with Crippen LogP contribution in [0.25, 0.3) is 0 Å². The first kappa shape index (κ1) is 14.5. The van der Waals surface area contributed by atoms with E-state index in [2.05, 4.69) is 10.3 Å². The summed E-state index contributed by atoms with van der Waals surface area (Å²) in [7, 11) is -1.77. The van der Waals surface area contributed by atoms with Crippen molar-refractivity contribution in [3.05, 3.63) is 18.0 Å². The Balaban J connectivity index is 2.09. The Labute approximate surface area is 114 Å². The van der Waals surface area contributed by atoms with Crippen molar-refractivity contribution < 1.29 is 13.2 Å². The topological polar surface area (TPSA) is 74.4 Å². The van der Waals surface area contributed by atoms with E-state index in [1.165, 1.54) is 4.31 Å².